The average Bonchev–Trinajstić information content (AvgIpc) is 3.41. The number of amides is 2. The highest BCUT2D eigenvalue weighted by Crippen LogP contribution is 2.27. The molecule has 2 amide bonds. The SMILES string of the molecule is O=C1C/C(=C\c2cnn3c(NC4CC4)nc(N[C@H](C(=O)O)c4ccccc4)nc23)C(=O)N1. The summed E-state index contributed by atoms with van der Waals surface area (Å²) in [7, 11) is 0. The van der Waals surface area contributed by atoms with Crippen molar-refractivity contribution < 1.29 is 19.5 Å². The fourth-order valence-corrected chi connectivity index (χ4v) is 3.44. The van der Waals surface area contributed by atoms with Gasteiger partial charge in [-0.1, -0.05) is 30.3 Å². The molecule has 32 heavy (non-hydrogen) atoms. The normalized spacial score (nSPS) is 18.1. The standard InChI is InChI=1S/C21H19N7O4/c29-15-9-12(18(30)24-15)8-13-10-22-28-17(13)26-20(27-21(28)23-14-6-7-14)25-16(19(31)32)11-4-2-1-3-5-11/h1-5,8,10,14,16H,6-7,9H2,(H,31,32)(H,24,29,30)(H2,23,25,26,27)/b12-8+/t16-/m0/s1. The van der Waals surface area contributed by atoms with Gasteiger partial charge in [-0.25, -0.2) is 4.79 Å². The van der Waals surface area contributed by atoms with Gasteiger partial charge in [-0.3, -0.25) is 14.9 Å². The van der Waals surface area contributed by atoms with Crippen molar-refractivity contribution >= 4 is 41.4 Å². The minimum absolute atomic E-state index is 0.0192. The predicted molar refractivity (Wildman–Crippen MR) is 114 cm³/mol. The van der Waals surface area contributed by atoms with Crippen LogP contribution >= 0.6 is 0 Å². The molecule has 1 aromatic carbocycles. The summed E-state index contributed by atoms with van der Waals surface area (Å²) in [6.07, 6.45) is 5.06. The van der Waals surface area contributed by atoms with Crippen molar-refractivity contribution in [3.63, 3.8) is 0 Å². The van der Waals surface area contributed by atoms with Gasteiger partial charge in [-0.05, 0) is 24.5 Å². The number of rotatable bonds is 7. The zero-order chi connectivity index (χ0) is 22.2. The van der Waals surface area contributed by atoms with Gasteiger partial charge < -0.3 is 15.7 Å². The van der Waals surface area contributed by atoms with Gasteiger partial charge in [0.05, 0.1) is 12.6 Å². The van der Waals surface area contributed by atoms with Crippen molar-refractivity contribution in [2.45, 2.75) is 31.3 Å². The predicted octanol–water partition coefficient (Wildman–Crippen LogP) is 1.37. The number of aromatic nitrogens is 4. The number of fused-ring (bicyclic) bond motifs is 1. The molecule has 1 atom stereocenters. The van der Waals surface area contributed by atoms with Crippen LogP contribution in [0.15, 0.2) is 42.1 Å². The number of hydrogen-bond acceptors (Lipinski definition) is 8. The van der Waals surface area contributed by atoms with Gasteiger partial charge in [0.25, 0.3) is 5.91 Å². The lowest BCUT2D eigenvalue weighted by molar-refractivity contribution is -0.138. The second-order valence-electron chi connectivity index (χ2n) is 7.67. The van der Waals surface area contributed by atoms with Crippen molar-refractivity contribution in [3.05, 3.63) is 53.2 Å². The lowest BCUT2D eigenvalue weighted by Gasteiger charge is -2.16. The van der Waals surface area contributed by atoms with Crippen LogP contribution in [0.1, 0.15) is 36.4 Å². The summed E-state index contributed by atoms with van der Waals surface area (Å²) in [6.45, 7) is 0. The third-order valence-corrected chi connectivity index (χ3v) is 5.18. The molecule has 3 heterocycles. The first-order chi connectivity index (χ1) is 15.5. The minimum atomic E-state index is -1.08. The van der Waals surface area contributed by atoms with Crippen LogP contribution < -0.4 is 16.0 Å². The Morgan fingerprint density at radius 2 is 2.00 bits per heavy atom. The fraction of sp³-hybridized carbons (Fsp3) is 0.238. The van der Waals surface area contributed by atoms with E-state index in [1.54, 1.807) is 36.4 Å². The molecular weight excluding hydrogens is 414 g/mol. The Morgan fingerprint density at radius 3 is 2.66 bits per heavy atom. The molecule has 1 saturated carbocycles. The van der Waals surface area contributed by atoms with Crippen LogP contribution in [-0.2, 0) is 14.4 Å². The molecule has 0 unspecified atom stereocenters. The number of anilines is 2. The molecule has 162 valence electrons. The summed E-state index contributed by atoms with van der Waals surface area (Å²) >= 11 is 0. The second kappa shape index (κ2) is 7.76. The number of nitrogens with one attached hydrogen (secondary N) is 3. The maximum absolute atomic E-state index is 12.0. The summed E-state index contributed by atoms with van der Waals surface area (Å²) < 4.78 is 1.50. The highest BCUT2D eigenvalue weighted by Gasteiger charge is 2.27. The lowest BCUT2D eigenvalue weighted by atomic mass is 10.1. The molecule has 5 rings (SSSR count). The van der Waals surface area contributed by atoms with E-state index in [-0.39, 0.29) is 24.3 Å². The van der Waals surface area contributed by atoms with Crippen molar-refractivity contribution in [1.29, 1.82) is 0 Å². The second-order valence-corrected chi connectivity index (χ2v) is 7.67. The zero-order valence-corrected chi connectivity index (χ0v) is 16.8. The first kappa shape index (κ1) is 19.7. The van der Waals surface area contributed by atoms with E-state index < -0.39 is 17.9 Å². The molecule has 0 radical (unpaired) electrons. The van der Waals surface area contributed by atoms with Crippen molar-refractivity contribution in [2.75, 3.05) is 10.6 Å². The van der Waals surface area contributed by atoms with Gasteiger partial charge in [-0.15, -0.1) is 0 Å². The van der Waals surface area contributed by atoms with E-state index >= 15 is 0 Å². The number of carbonyl (C=O) groups excluding carboxylic acids is 2. The molecule has 1 saturated heterocycles. The van der Waals surface area contributed by atoms with Crippen LogP contribution in [0.2, 0.25) is 0 Å². The number of benzene rings is 1. The van der Waals surface area contributed by atoms with E-state index in [0.717, 1.165) is 12.8 Å². The summed E-state index contributed by atoms with van der Waals surface area (Å²) in [5.41, 5.74) is 1.75. The number of hydrogen-bond donors (Lipinski definition) is 4. The van der Waals surface area contributed by atoms with Gasteiger partial charge in [0.2, 0.25) is 17.8 Å². The van der Waals surface area contributed by atoms with Crippen LogP contribution in [0, 0.1) is 0 Å². The maximum Gasteiger partial charge on any atom is 0.330 e. The van der Waals surface area contributed by atoms with Gasteiger partial charge >= 0.3 is 5.97 Å². The van der Waals surface area contributed by atoms with Crippen molar-refractivity contribution in [3.8, 4) is 0 Å². The largest absolute Gasteiger partial charge is 0.479 e. The number of carboxylic acids is 1. The molecule has 2 aromatic heterocycles. The summed E-state index contributed by atoms with van der Waals surface area (Å²) in [6, 6.07) is 7.93. The Kier molecular flexibility index (Phi) is 4.77. The van der Waals surface area contributed by atoms with Crippen LogP contribution in [0.5, 0.6) is 0 Å². The Labute approximate surface area is 181 Å². The molecule has 4 N–H and O–H groups in total. The molecule has 1 aliphatic heterocycles. The number of aliphatic carboxylic acids is 1. The lowest BCUT2D eigenvalue weighted by Crippen LogP contribution is -2.22. The highest BCUT2D eigenvalue weighted by molar-refractivity contribution is 6.15. The Bertz CT molecular complexity index is 1260. The van der Waals surface area contributed by atoms with E-state index in [1.807, 2.05) is 0 Å². The molecule has 2 aliphatic rings. The Morgan fingerprint density at radius 1 is 1.22 bits per heavy atom. The van der Waals surface area contributed by atoms with Crippen molar-refractivity contribution in [2.24, 2.45) is 0 Å². The highest BCUT2D eigenvalue weighted by atomic mass is 16.4. The molecule has 2 fully saturated rings. The smallest absolute Gasteiger partial charge is 0.330 e. The van der Waals surface area contributed by atoms with Gasteiger partial charge in [0.1, 0.15) is 0 Å². The summed E-state index contributed by atoms with van der Waals surface area (Å²) in [4.78, 5) is 44.3. The number of carbonyl (C=O) groups is 3. The summed E-state index contributed by atoms with van der Waals surface area (Å²) in [5.74, 6) is -1.38. The van der Waals surface area contributed by atoms with Crippen LogP contribution in [0.3, 0.4) is 0 Å². The third kappa shape index (κ3) is 3.87. The van der Waals surface area contributed by atoms with Gasteiger partial charge in [0.15, 0.2) is 11.7 Å². The van der Waals surface area contributed by atoms with Crippen LogP contribution in [0.25, 0.3) is 11.7 Å². The van der Waals surface area contributed by atoms with Gasteiger partial charge in [-0.2, -0.15) is 19.6 Å². The minimum Gasteiger partial charge on any atom is -0.479 e. The molecule has 3 aromatic rings. The number of carboxylic acid groups (broad SMARTS) is 1. The Hall–Kier alpha value is -4.28. The maximum atomic E-state index is 12.0. The summed E-state index contributed by atoms with van der Waals surface area (Å²) in [5, 5.41) is 22.5. The quantitative estimate of drug-likeness (QED) is 0.320. The first-order valence-electron chi connectivity index (χ1n) is 10.1. The molecule has 1 aliphatic carbocycles. The van der Waals surface area contributed by atoms with Crippen LogP contribution in [0.4, 0.5) is 11.9 Å². The van der Waals surface area contributed by atoms with E-state index in [0.29, 0.717) is 28.3 Å². The monoisotopic (exact) mass is 433 g/mol. The molecule has 11 nitrogen and oxygen atoms in total. The topological polar surface area (TPSA) is 151 Å². The van der Waals surface area contributed by atoms with E-state index in [1.165, 1.54) is 10.7 Å². The molecular formula is C21H19N7O4. The van der Waals surface area contributed by atoms with E-state index in [9.17, 15) is 19.5 Å². The Balaban J connectivity index is 1.56. The third-order valence-electron chi connectivity index (χ3n) is 5.18. The van der Waals surface area contributed by atoms with Gasteiger partial charge in [0, 0.05) is 17.2 Å². The molecule has 0 bridgehead atoms. The first-order valence-corrected chi connectivity index (χ1v) is 10.1. The average molecular weight is 433 g/mol. The zero-order valence-electron chi connectivity index (χ0n) is 16.8. The molecule has 0 spiro atoms. The van der Waals surface area contributed by atoms with E-state index in [4.69, 9.17) is 0 Å². The fourth-order valence-electron chi connectivity index (χ4n) is 3.44. The van der Waals surface area contributed by atoms with Crippen LogP contribution in [-0.4, -0.2) is 48.5 Å². The molecule has 11 heteroatoms. The number of nitrogens with zero attached hydrogens (tertiary/aromatic N) is 4. The number of imide groups is 1. The van der Waals surface area contributed by atoms with Crippen molar-refractivity contribution in [1.82, 2.24) is 24.9 Å². The van der Waals surface area contributed by atoms with E-state index in [2.05, 4.69) is 31.0 Å².